The van der Waals surface area contributed by atoms with Crippen molar-refractivity contribution in [3.63, 3.8) is 0 Å². The van der Waals surface area contributed by atoms with Crippen LogP contribution in [0.1, 0.15) is 12.5 Å². The third-order valence-corrected chi connectivity index (χ3v) is 5.92. The maximum Gasteiger partial charge on any atom is 0.241 e. The lowest BCUT2D eigenvalue weighted by Crippen LogP contribution is -2.53. The van der Waals surface area contributed by atoms with Crippen LogP contribution in [0.2, 0.25) is 10.0 Å². The van der Waals surface area contributed by atoms with Gasteiger partial charge in [-0.3, -0.25) is 9.69 Å². The van der Waals surface area contributed by atoms with Crippen molar-refractivity contribution < 1.29 is 4.79 Å². The van der Waals surface area contributed by atoms with Gasteiger partial charge in [-0.25, -0.2) is 0 Å². The molecule has 1 atom stereocenters. The van der Waals surface area contributed by atoms with E-state index >= 15 is 0 Å². The number of carbonyl (C=O) groups is 1. The molecule has 2 aromatic rings. The molecule has 1 N–H and O–H groups in total. The highest BCUT2D eigenvalue weighted by molar-refractivity contribution is 6.44. The molecule has 4 nitrogen and oxygen atoms in total. The van der Waals surface area contributed by atoms with Crippen LogP contribution in [0, 0.1) is 0 Å². The normalized spacial score (nSPS) is 16.9. The molecule has 144 valence electrons. The van der Waals surface area contributed by atoms with Crippen LogP contribution in [0.4, 0.5) is 5.69 Å². The molecule has 1 heterocycles. The van der Waals surface area contributed by atoms with E-state index < -0.39 is 0 Å². The lowest BCUT2D eigenvalue weighted by Gasteiger charge is -2.37. The van der Waals surface area contributed by atoms with Gasteiger partial charge in [-0.05, 0) is 31.0 Å². The largest absolute Gasteiger partial charge is 0.323 e. The average Bonchev–Trinajstić information content (AvgIpc) is 2.70. The Labute approximate surface area is 171 Å². The average molecular weight is 406 g/mol. The smallest absolute Gasteiger partial charge is 0.241 e. The minimum atomic E-state index is -0.212. The molecule has 2 aromatic carbocycles. The van der Waals surface area contributed by atoms with Gasteiger partial charge in [0.15, 0.2) is 0 Å². The molecular formula is C21H25Cl2N3O. The Hall–Kier alpha value is -1.59. The number of piperazine rings is 1. The molecule has 3 rings (SSSR count). The maximum atomic E-state index is 12.6. The van der Waals surface area contributed by atoms with Crippen LogP contribution < -0.4 is 5.32 Å². The number of anilines is 1. The Bertz CT molecular complexity index is 761. The fourth-order valence-corrected chi connectivity index (χ4v) is 3.66. The first kappa shape index (κ1) is 20.2. The van der Waals surface area contributed by atoms with E-state index in [-0.39, 0.29) is 11.9 Å². The van der Waals surface area contributed by atoms with Crippen molar-refractivity contribution in [3.05, 3.63) is 64.1 Å². The summed E-state index contributed by atoms with van der Waals surface area (Å²) in [5, 5.41) is 3.71. The van der Waals surface area contributed by atoms with E-state index in [0.29, 0.717) is 15.7 Å². The number of benzene rings is 2. The summed E-state index contributed by atoms with van der Waals surface area (Å²) in [5.41, 5.74) is 1.92. The third kappa shape index (κ3) is 5.45. The Morgan fingerprint density at radius 1 is 1.04 bits per heavy atom. The number of hydrogen-bond acceptors (Lipinski definition) is 3. The topological polar surface area (TPSA) is 35.6 Å². The lowest BCUT2D eigenvalue weighted by atomic mass is 10.1. The summed E-state index contributed by atoms with van der Waals surface area (Å²) in [4.78, 5) is 17.3. The zero-order valence-corrected chi connectivity index (χ0v) is 17.0. The van der Waals surface area contributed by atoms with Gasteiger partial charge >= 0.3 is 0 Å². The molecule has 6 heteroatoms. The zero-order valence-electron chi connectivity index (χ0n) is 15.5. The van der Waals surface area contributed by atoms with Crippen LogP contribution in [0.25, 0.3) is 0 Å². The molecule has 1 fully saturated rings. The molecule has 1 unspecified atom stereocenters. The van der Waals surface area contributed by atoms with Crippen molar-refractivity contribution in [2.24, 2.45) is 0 Å². The van der Waals surface area contributed by atoms with Crippen molar-refractivity contribution in [2.45, 2.75) is 19.4 Å². The van der Waals surface area contributed by atoms with Gasteiger partial charge in [0, 0.05) is 32.7 Å². The first-order chi connectivity index (χ1) is 13.0. The highest BCUT2D eigenvalue weighted by Gasteiger charge is 2.26. The van der Waals surface area contributed by atoms with Gasteiger partial charge in [0.2, 0.25) is 5.91 Å². The number of hydrogen-bond donors (Lipinski definition) is 1. The van der Waals surface area contributed by atoms with Gasteiger partial charge in [0.05, 0.1) is 21.8 Å². The quantitative estimate of drug-likeness (QED) is 0.782. The van der Waals surface area contributed by atoms with E-state index in [1.165, 1.54) is 5.56 Å². The maximum absolute atomic E-state index is 12.6. The molecule has 0 aromatic heterocycles. The summed E-state index contributed by atoms with van der Waals surface area (Å²) in [5.74, 6) is -0.0584. The highest BCUT2D eigenvalue weighted by atomic mass is 35.5. The monoisotopic (exact) mass is 405 g/mol. The van der Waals surface area contributed by atoms with Crippen molar-refractivity contribution in [1.82, 2.24) is 9.80 Å². The van der Waals surface area contributed by atoms with Gasteiger partial charge in [0.25, 0.3) is 0 Å². The van der Waals surface area contributed by atoms with Crippen LogP contribution in [0.3, 0.4) is 0 Å². The second-order valence-corrected chi connectivity index (χ2v) is 7.66. The fourth-order valence-electron chi connectivity index (χ4n) is 3.31. The standard InChI is InChI=1S/C21H25Cl2N3O/c1-16(21(27)24-19-9-5-8-18(22)20(19)23)26-14-12-25(13-15-26)11-10-17-6-3-2-4-7-17/h2-9,16H,10-15H2,1H3,(H,24,27). The highest BCUT2D eigenvalue weighted by Crippen LogP contribution is 2.29. The first-order valence-corrected chi connectivity index (χ1v) is 10.1. The summed E-state index contributed by atoms with van der Waals surface area (Å²) in [6.45, 7) is 6.70. The molecule has 0 radical (unpaired) electrons. The molecule has 1 aliphatic heterocycles. The Morgan fingerprint density at radius 2 is 1.74 bits per heavy atom. The molecule has 1 amide bonds. The Balaban J connectivity index is 1.47. The van der Waals surface area contributed by atoms with Gasteiger partial charge in [-0.15, -0.1) is 0 Å². The Morgan fingerprint density at radius 3 is 2.44 bits per heavy atom. The van der Waals surface area contributed by atoms with Gasteiger partial charge in [-0.1, -0.05) is 59.6 Å². The second kappa shape index (κ2) is 9.56. The molecular weight excluding hydrogens is 381 g/mol. The van der Waals surface area contributed by atoms with E-state index in [1.807, 2.05) is 13.0 Å². The van der Waals surface area contributed by atoms with Crippen molar-refractivity contribution in [2.75, 3.05) is 38.0 Å². The summed E-state index contributed by atoms with van der Waals surface area (Å²) >= 11 is 12.2. The van der Waals surface area contributed by atoms with E-state index in [2.05, 4.69) is 39.4 Å². The van der Waals surface area contributed by atoms with Crippen LogP contribution in [-0.2, 0) is 11.2 Å². The fraction of sp³-hybridized carbons (Fsp3) is 0.381. The van der Waals surface area contributed by atoms with Gasteiger partial charge < -0.3 is 10.2 Å². The van der Waals surface area contributed by atoms with Crippen LogP contribution >= 0.6 is 23.2 Å². The molecule has 27 heavy (non-hydrogen) atoms. The lowest BCUT2D eigenvalue weighted by molar-refractivity contribution is -0.121. The van der Waals surface area contributed by atoms with Crippen LogP contribution in [-0.4, -0.2) is 54.5 Å². The molecule has 1 aliphatic rings. The predicted molar refractivity (Wildman–Crippen MR) is 113 cm³/mol. The van der Waals surface area contributed by atoms with E-state index in [1.54, 1.807) is 18.2 Å². The van der Waals surface area contributed by atoms with Gasteiger partial charge in [0.1, 0.15) is 0 Å². The second-order valence-electron chi connectivity index (χ2n) is 6.88. The number of halogens is 2. The van der Waals surface area contributed by atoms with Crippen LogP contribution in [0.5, 0.6) is 0 Å². The summed E-state index contributed by atoms with van der Waals surface area (Å²) < 4.78 is 0. The van der Waals surface area contributed by atoms with Crippen molar-refractivity contribution >= 4 is 34.8 Å². The Kier molecular flexibility index (Phi) is 7.13. The third-order valence-electron chi connectivity index (χ3n) is 5.10. The van der Waals surface area contributed by atoms with Crippen LogP contribution in [0.15, 0.2) is 48.5 Å². The molecule has 1 saturated heterocycles. The predicted octanol–water partition coefficient (Wildman–Crippen LogP) is 4.18. The minimum Gasteiger partial charge on any atom is -0.323 e. The molecule has 0 saturated carbocycles. The van der Waals surface area contributed by atoms with Crippen molar-refractivity contribution in [1.29, 1.82) is 0 Å². The number of nitrogens with zero attached hydrogens (tertiary/aromatic N) is 2. The number of rotatable bonds is 6. The van der Waals surface area contributed by atoms with Crippen molar-refractivity contribution in [3.8, 4) is 0 Å². The first-order valence-electron chi connectivity index (χ1n) is 9.30. The van der Waals surface area contributed by atoms with Gasteiger partial charge in [-0.2, -0.15) is 0 Å². The number of carbonyl (C=O) groups excluding carboxylic acids is 1. The number of nitrogens with one attached hydrogen (secondary N) is 1. The van der Waals surface area contributed by atoms with E-state index in [9.17, 15) is 4.79 Å². The van der Waals surface area contributed by atoms with E-state index in [4.69, 9.17) is 23.2 Å². The number of amides is 1. The zero-order chi connectivity index (χ0) is 19.2. The molecule has 0 bridgehead atoms. The molecule has 0 aliphatic carbocycles. The summed E-state index contributed by atoms with van der Waals surface area (Å²) in [6.07, 6.45) is 1.06. The summed E-state index contributed by atoms with van der Waals surface area (Å²) in [6, 6.07) is 15.6. The SMILES string of the molecule is CC(C(=O)Nc1cccc(Cl)c1Cl)N1CCN(CCc2ccccc2)CC1. The van der Waals surface area contributed by atoms with E-state index in [0.717, 1.165) is 39.1 Å². The summed E-state index contributed by atoms with van der Waals surface area (Å²) in [7, 11) is 0. The molecule has 0 spiro atoms. The minimum absolute atomic E-state index is 0.0584.